The van der Waals surface area contributed by atoms with Gasteiger partial charge >= 0.3 is 0 Å². The number of fused-ring (bicyclic) bond motifs is 2. The SMILES string of the molecule is C=C1CCC2C(C)(C)CCCC2(C)C1CCC1=C(C)CCC2C(C)(C)CCCC12C. The minimum absolute atomic E-state index is 0.451. The van der Waals surface area contributed by atoms with Crippen molar-refractivity contribution in [2.75, 3.05) is 0 Å². The predicted octanol–water partition coefficient (Wildman–Crippen LogP) is 9.51. The Morgan fingerprint density at radius 3 is 2.10 bits per heavy atom. The highest BCUT2D eigenvalue weighted by molar-refractivity contribution is 5.28. The van der Waals surface area contributed by atoms with Gasteiger partial charge in [0.1, 0.15) is 0 Å². The molecular formula is C30H50. The summed E-state index contributed by atoms with van der Waals surface area (Å²) in [6.45, 7) is 22.7. The molecule has 0 spiro atoms. The molecule has 0 aromatic rings. The summed E-state index contributed by atoms with van der Waals surface area (Å²) in [5.74, 6) is 2.49. The van der Waals surface area contributed by atoms with E-state index in [-0.39, 0.29) is 0 Å². The zero-order valence-electron chi connectivity index (χ0n) is 21.4. The van der Waals surface area contributed by atoms with E-state index in [1.54, 1.807) is 11.1 Å². The van der Waals surface area contributed by atoms with E-state index in [2.05, 4.69) is 55.0 Å². The molecule has 0 nitrogen and oxygen atoms in total. The highest BCUT2D eigenvalue weighted by Crippen LogP contribution is 2.64. The molecule has 5 unspecified atom stereocenters. The second kappa shape index (κ2) is 7.52. The normalized spacial score (nSPS) is 43.2. The Labute approximate surface area is 188 Å². The minimum atomic E-state index is 0.451. The molecule has 0 aromatic heterocycles. The Kier molecular flexibility index (Phi) is 5.68. The van der Waals surface area contributed by atoms with Crippen LogP contribution in [0.1, 0.15) is 126 Å². The third-order valence-electron chi connectivity index (χ3n) is 11.2. The maximum atomic E-state index is 4.67. The lowest BCUT2D eigenvalue weighted by molar-refractivity contribution is -0.0550. The molecule has 4 aliphatic carbocycles. The van der Waals surface area contributed by atoms with Gasteiger partial charge in [-0.05, 0) is 111 Å². The first-order chi connectivity index (χ1) is 13.9. The summed E-state index contributed by atoms with van der Waals surface area (Å²) < 4.78 is 0. The van der Waals surface area contributed by atoms with Crippen molar-refractivity contribution in [2.45, 2.75) is 126 Å². The summed E-state index contributed by atoms with van der Waals surface area (Å²) in [6, 6.07) is 0. The second-order valence-electron chi connectivity index (χ2n) is 13.8. The summed E-state index contributed by atoms with van der Waals surface area (Å²) in [5, 5.41) is 0. The molecule has 3 fully saturated rings. The van der Waals surface area contributed by atoms with Gasteiger partial charge in [0, 0.05) is 0 Å². The molecule has 170 valence electrons. The average molecular weight is 411 g/mol. The van der Waals surface area contributed by atoms with Crippen molar-refractivity contribution in [3.05, 3.63) is 23.3 Å². The third kappa shape index (κ3) is 3.47. The van der Waals surface area contributed by atoms with Crippen molar-refractivity contribution in [3.8, 4) is 0 Å². The van der Waals surface area contributed by atoms with E-state index < -0.39 is 0 Å². The average Bonchev–Trinajstić information content (AvgIpc) is 2.61. The summed E-state index contributed by atoms with van der Waals surface area (Å²) in [4.78, 5) is 0. The van der Waals surface area contributed by atoms with E-state index in [4.69, 9.17) is 0 Å². The van der Waals surface area contributed by atoms with Crippen molar-refractivity contribution < 1.29 is 0 Å². The van der Waals surface area contributed by atoms with Crippen LogP contribution in [0.4, 0.5) is 0 Å². The predicted molar refractivity (Wildman–Crippen MR) is 131 cm³/mol. The van der Waals surface area contributed by atoms with Gasteiger partial charge in [0.05, 0.1) is 0 Å². The van der Waals surface area contributed by atoms with Gasteiger partial charge < -0.3 is 0 Å². The Morgan fingerprint density at radius 2 is 1.40 bits per heavy atom. The Morgan fingerprint density at radius 1 is 0.800 bits per heavy atom. The van der Waals surface area contributed by atoms with Crippen molar-refractivity contribution in [1.82, 2.24) is 0 Å². The maximum absolute atomic E-state index is 4.67. The first-order valence-electron chi connectivity index (χ1n) is 13.3. The van der Waals surface area contributed by atoms with Gasteiger partial charge in [-0.2, -0.15) is 0 Å². The number of hydrogen-bond donors (Lipinski definition) is 0. The third-order valence-corrected chi connectivity index (χ3v) is 11.2. The fourth-order valence-corrected chi connectivity index (χ4v) is 9.79. The van der Waals surface area contributed by atoms with Crippen LogP contribution >= 0.6 is 0 Å². The molecule has 3 saturated carbocycles. The summed E-state index contributed by atoms with van der Waals surface area (Å²) in [6.07, 6.45) is 16.6. The minimum Gasteiger partial charge on any atom is -0.0996 e. The van der Waals surface area contributed by atoms with Crippen LogP contribution < -0.4 is 0 Å². The summed E-state index contributed by atoms with van der Waals surface area (Å²) in [5.41, 5.74) is 7.16. The first-order valence-corrected chi connectivity index (χ1v) is 13.3. The molecule has 0 heterocycles. The van der Waals surface area contributed by atoms with Crippen LogP contribution in [0.2, 0.25) is 0 Å². The Balaban J connectivity index is 1.59. The van der Waals surface area contributed by atoms with E-state index in [1.807, 2.05) is 5.57 Å². The zero-order chi connectivity index (χ0) is 21.9. The van der Waals surface area contributed by atoms with Crippen LogP contribution in [0.5, 0.6) is 0 Å². The zero-order valence-corrected chi connectivity index (χ0v) is 21.4. The second-order valence-corrected chi connectivity index (χ2v) is 13.8. The van der Waals surface area contributed by atoms with E-state index in [0.29, 0.717) is 21.7 Å². The quantitative estimate of drug-likeness (QED) is 0.406. The van der Waals surface area contributed by atoms with Crippen molar-refractivity contribution in [1.29, 1.82) is 0 Å². The lowest BCUT2D eigenvalue weighted by atomic mass is 9.46. The molecule has 0 saturated heterocycles. The molecule has 0 heteroatoms. The first kappa shape index (κ1) is 22.7. The van der Waals surface area contributed by atoms with Gasteiger partial charge in [0.25, 0.3) is 0 Å². The van der Waals surface area contributed by atoms with Gasteiger partial charge in [0.15, 0.2) is 0 Å². The summed E-state index contributed by atoms with van der Waals surface area (Å²) in [7, 11) is 0. The molecule has 0 bridgehead atoms. The van der Waals surface area contributed by atoms with Gasteiger partial charge in [0.2, 0.25) is 0 Å². The molecule has 4 aliphatic rings. The lowest BCUT2D eigenvalue weighted by Gasteiger charge is -2.59. The van der Waals surface area contributed by atoms with Crippen LogP contribution in [0.3, 0.4) is 0 Å². The van der Waals surface area contributed by atoms with Crippen LogP contribution in [0.25, 0.3) is 0 Å². The molecule has 0 amide bonds. The van der Waals surface area contributed by atoms with E-state index >= 15 is 0 Å². The van der Waals surface area contributed by atoms with Crippen LogP contribution in [-0.4, -0.2) is 0 Å². The molecule has 4 rings (SSSR count). The summed E-state index contributed by atoms with van der Waals surface area (Å²) >= 11 is 0. The highest BCUT2D eigenvalue weighted by Gasteiger charge is 2.54. The molecular weight excluding hydrogens is 360 g/mol. The lowest BCUT2D eigenvalue weighted by Crippen LogP contribution is -2.49. The van der Waals surface area contributed by atoms with E-state index in [0.717, 1.165) is 17.8 Å². The molecule has 0 radical (unpaired) electrons. The van der Waals surface area contributed by atoms with Gasteiger partial charge in [-0.3, -0.25) is 0 Å². The van der Waals surface area contributed by atoms with Gasteiger partial charge in [-0.25, -0.2) is 0 Å². The van der Waals surface area contributed by atoms with Crippen molar-refractivity contribution in [2.24, 2.45) is 39.4 Å². The highest BCUT2D eigenvalue weighted by atomic mass is 14.6. The maximum Gasteiger partial charge on any atom is -0.00804 e. The van der Waals surface area contributed by atoms with Crippen LogP contribution in [-0.2, 0) is 0 Å². The number of hydrogen-bond acceptors (Lipinski definition) is 0. The van der Waals surface area contributed by atoms with Gasteiger partial charge in [-0.1, -0.05) is 77.7 Å². The van der Waals surface area contributed by atoms with Crippen molar-refractivity contribution >= 4 is 0 Å². The largest absolute Gasteiger partial charge is 0.0996 e. The van der Waals surface area contributed by atoms with Gasteiger partial charge in [-0.15, -0.1) is 0 Å². The molecule has 0 N–H and O–H groups in total. The number of allylic oxidation sites excluding steroid dienone is 3. The number of rotatable bonds is 3. The topological polar surface area (TPSA) is 0 Å². The fraction of sp³-hybridized carbons (Fsp3) is 0.867. The van der Waals surface area contributed by atoms with Crippen LogP contribution in [0.15, 0.2) is 23.3 Å². The smallest absolute Gasteiger partial charge is 0.00804 e. The Hall–Kier alpha value is -0.520. The monoisotopic (exact) mass is 410 g/mol. The molecule has 5 atom stereocenters. The molecule has 0 aliphatic heterocycles. The van der Waals surface area contributed by atoms with E-state index in [1.165, 1.54) is 77.0 Å². The van der Waals surface area contributed by atoms with Crippen molar-refractivity contribution in [3.63, 3.8) is 0 Å². The fourth-order valence-electron chi connectivity index (χ4n) is 9.79. The standard InChI is InChI=1S/C30H50/c1-21-11-15-25-27(3,4)17-9-19-29(25,7)23(21)13-14-24-22(2)12-16-26-28(5,6)18-10-20-30(24,26)8/h23,25-26H,1,9-20H2,2-8H3. The van der Waals surface area contributed by atoms with E-state index in [9.17, 15) is 0 Å². The molecule has 30 heavy (non-hydrogen) atoms. The molecule has 0 aromatic carbocycles. The van der Waals surface area contributed by atoms with Crippen LogP contribution in [0, 0.1) is 39.4 Å². The Bertz CT molecular complexity index is 718.